The Morgan fingerprint density at radius 3 is 2.22 bits per heavy atom. The van der Waals surface area contributed by atoms with Crippen LogP contribution >= 0.6 is 0 Å². The summed E-state index contributed by atoms with van der Waals surface area (Å²) in [5, 5.41) is 4.90. The lowest BCUT2D eigenvalue weighted by molar-refractivity contribution is 0.305. The summed E-state index contributed by atoms with van der Waals surface area (Å²) in [6.45, 7) is 0.566. The Balaban J connectivity index is 2.14. The van der Waals surface area contributed by atoms with Crippen molar-refractivity contribution < 1.29 is 17.9 Å². The number of hydrogen-bond donors (Lipinski definition) is 1. The minimum Gasteiger partial charge on any atom is -0.497 e. The van der Waals surface area contributed by atoms with E-state index in [0.717, 1.165) is 24.3 Å². The summed E-state index contributed by atoms with van der Waals surface area (Å²) < 4.78 is 31.9. The first kappa shape index (κ1) is 14.8. The van der Waals surface area contributed by atoms with Crippen molar-refractivity contribution in [2.24, 2.45) is 5.14 Å². The normalized spacial score (nSPS) is 11.2. The molecule has 5 nitrogen and oxygen atoms in total. The lowest BCUT2D eigenvalue weighted by Crippen LogP contribution is -2.16. The number of sulfonamides is 1. The van der Waals surface area contributed by atoms with Gasteiger partial charge in [-0.2, -0.15) is 0 Å². The van der Waals surface area contributed by atoms with E-state index in [0.29, 0.717) is 13.0 Å². The molecule has 0 heterocycles. The van der Waals surface area contributed by atoms with E-state index in [4.69, 9.17) is 14.6 Å². The number of methoxy groups -OCH3 is 1. The SMILES string of the molecule is COc1ccc(OCCCCCS(N)(=O)=O)cc1. The first-order valence-electron chi connectivity index (χ1n) is 5.78. The number of primary sulfonamides is 1. The van der Waals surface area contributed by atoms with Crippen LogP contribution in [0.3, 0.4) is 0 Å². The molecule has 0 atom stereocenters. The Kier molecular flexibility index (Phi) is 5.94. The molecule has 0 radical (unpaired) electrons. The van der Waals surface area contributed by atoms with Gasteiger partial charge in [-0.15, -0.1) is 0 Å². The lowest BCUT2D eigenvalue weighted by Gasteiger charge is -2.06. The van der Waals surface area contributed by atoms with Gasteiger partial charge in [0.15, 0.2) is 0 Å². The van der Waals surface area contributed by atoms with Gasteiger partial charge in [-0.1, -0.05) is 0 Å². The van der Waals surface area contributed by atoms with Crippen molar-refractivity contribution >= 4 is 10.0 Å². The van der Waals surface area contributed by atoms with Gasteiger partial charge in [-0.3, -0.25) is 0 Å². The first-order valence-corrected chi connectivity index (χ1v) is 7.50. The third-order valence-corrected chi connectivity index (χ3v) is 3.26. The summed E-state index contributed by atoms with van der Waals surface area (Å²) in [4.78, 5) is 0. The van der Waals surface area contributed by atoms with Crippen LogP contribution in [0.5, 0.6) is 11.5 Å². The second-order valence-electron chi connectivity index (χ2n) is 3.95. The van der Waals surface area contributed by atoms with Crippen molar-refractivity contribution in [2.45, 2.75) is 19.3 Å². The molecule has 0 spiro atoms. The van der Waals surface area contributed by atoms with E-state index in [-0.39, 0.29) is 5.75 Å². The summed E-state index contributed by atoms with van der Waals surface area (Å²) in [5.41, 5.74) is 0. The van der Waals surface area contributed by atoms with Gasteiger partial charge in [0.1, 0.15) is 11.5 Å². The highest BCUT2D eigenvalue weighted by molar-refractivity contribution is 7.89. The van der Waals surface area contributed by atoms with E-state index in [1.807, 2.05) is 24.3 Å². The van der Waals surface area contributed by atoms with Crippen LogP contribution in [0.25, 0.3) is 0 Å². The van der Waals surface area contributed by atoms with Crippen molar-refractivity contribution in [3.63, 3.8) is 0 Å². The number of benzene rings is 1. The van der Waals surface area contributed by atoms with Crippen molar-refractivity contribution in [3.8, 4) is 11.5 Å². The average molecular weight is 273 g/mol. The molecule has 0 aliphatic rings. The fourth-order valence-corrected chi connectivity index (χ4v) is 2.05. The van der Waals surface area contributed by atoms with E-state index in [1.54, 1.807) is 7.11 Å². The van der Waals surface area contributed by atoms with Crippen LogP contribution in [0.4, 0.5) is 0 Å². The summed E-state index contributed by atoms with van der Waals surface area (Å²) in [6.07, 6.45) is 2.17. The van der Waals surface area contributed by atoms with Crippen LogP contribution in [0.2, 0.25) is 0 Å². The Hall–Kier alpha value is -1.27. The molecule has 1 rings (SSSR count). The highest BCUT2D eigenvalue weighted by atomic mass is 32.2. The Morgan fingerprint density at radius 2 is 1.67 bits per heavy atom. The second-order valence-corrected chi connectivity index (χ2v) is 5.69. The molecule has 2 N–H and O–H groups in total. The molecule has 0 aromatic heterocycles. The minimum absolute atomic E-state index is 0.0372. The predicted octanol–water partition coefficient (Wildman–Crippen LogP) is 1.53. The molecule has 0 fully saturated rings. The Morgan fingerprint density at radius 1 is 1.06 bits per heavy atom. The molecule has 0 aliphatic heterocycles. The topological polar surface area (TPSA) is 78.6 Å². The lowest BCUT2D eigenvalue weighted by atomic mass is 10.2. The molecule has 0 bridgehead atoms. The van der Waals surface area contributed by atoms with E-state index < -0.39 is 10.0 Å². The Bertz CT molecular complexity index is 442. The van der Waals surface area contributed by atoms with Gasteiger partial charge >= 0.3 is 0 Å². The fourth-order valence-electron chi connectivity index (χ4n) is 1.44. The smallest absolute Gasteiger partial charge is 0.209 e. The average Bonchev–Trinajstić information content (AvgIpc) is 2.33. The maximum atomic E-state index is 10.7. The maximum absolute atomic E-state index is 10.7. The third kappa shape index (κ3) is 6.46. The number of ether oxygens (including phenoxy) is 2. The number of rotatable bonds is 8. The zero-order valence-electron chi connectivity index (χ0n) is 10.5. The summed E-state index contributed by atoms with van der Waals surface area (Å²) >= 11 is 0. The molecule has 0 saturated carbocycles. The van der Waals surface area contributed by atoms with Crippen LogP contribution in [-0.2, 0) is 10.0 Å². The molecular formula is C12H19NO4S. The predicted molar refractivity (Wildman–Crippen MR) is 70.3 cm³/mol. The van der Waals surface area contributed by atoms with E-state index in [9.17, 15) is 8.42 Å². The molecule has 0 unspecified atom stereocenters. The number of unbranched alkanes of at least 4 members (excludes halogenated alkanes) is 2. The Labute approximate surface area is 108 Å². The molecular weight excluding hydrogens is 254 g/mol. The van der Waals surface area contributed by atoms with Gasteiger partial charge < -0.3 is 9.47 Å². The van der Waals surface area contributed by atoms with Gasteiger partial charge in [0.05, 0.1) is 19.5 Å². The monoisotopic (exact) mass is 273 g/mol. The van der Waals surface area contributed by atoms with E-state index in [2.05, 4.69) is 0 Å². The first-order chi connectivity index (χ1) is 8.51. The quantitative estimate of drug-likeness (QED) is 0.729. The molecule has 1 aromatic carbocycles. The van der Waals surface area contributed by atoms with Gasteiger partial charge in [-0.05, 0) is 43.5 Å². The fraction of sp³-hybridized carbons (Fsp3) is 0.500. The molecule has 0 amide bonds. The number of hydrogen-bond acceptors (Lipinski definition) is 4. The van der Waals surface area contributed by atoms with Crippen LogP contribution in [0.15, 0.2) is 24.3 Å². The number of nitrogens with two attached hydrogens (primary N) is 1. The molecule has 6 heteroatoms. The molecule has 1 aromatic rings. The zero-order valence-corrected chi connectivity index (χ0v) is 11.3. The highest BCUT2D eigenvalue weighted by Crippen LogP contribution is 2.17. The summed E-state index contributed by atoms with van der Waals surface area (Å²) in [7, 11) is -1.71. The minimum atomic E-state index is -3.33. The van der Waals surface area contributed by atoms with Crippen molar-refractivity contribution in [1.82, 2.24) is 0 Å². The zero-order chi connectivity index (χ0) is 13.4. The van der Waals surface area contributed by atoms with Gasteiger partial charge in [0.25, 0.3) is 0 Å². The largest absolute Gasteiger partial charge is 0.497 e. The van der Waals surface area contributed by atoms with Gasteiger partial charge in [0, 0.05) is 0 Å². The molecule has 0 aliphatic carbocycles. The summed E-state index contributed by atoms with van der Waals surface area (Å²) in [5.74, 6) is 1.60. The van der Waals surface area contributed by atoms with Crippen LogP contribution in [0.1, 0.15) is 19.3 Å². The van der Waals surface area contributed by atoms with Gasteiger partial charge in [-0.25, -0.2) is 13.6 Å². The van der Waals surface area contributed by atoms with Crippen molar-refractivity contribution in [3.05, 3.63) is 24.3 Å². The van der Waals surface area contributed by atoms with Crippen molar-refractivity contribution in [1.29, 1.82) is 0 Å². The van der Waals surface area contributed by atoms with Gasteiger partial charge in [0.2, 0.25) is 10.0 Å². The van der Waals surface area contributed by atoms with Crippen LogP contribution in [0, 0.1) is 0 Å². The summed E-state index contributed by atoms with van der Waals surface area (Å²) in [6, 6.07) is 7.33. The molecule has 0 saturated heterocycles. The van der Waals surface area contributed by atoms with Crippen LogP contribution < -0.4 is 14.6 Å². The second kappa shape index (κ2) is 7.23. The van der Waals surface area contributed by atoms with Crippen LogP contribution in [-0.4, -0.2) is 27.9 Å². The third-order valence-electron chi connectivity index (χ3n) is 2.40. The molecule has 18 heavy (non-hydrogen) atoms. The molecule has 102 valence electrons. The highest BCUT2D eigenvalue weighted by Gasteiger charge is 2.01. The standard InChI is InChI=1S/C12H19NO4S/c1-16-11-5-7-12(8-6-11)17-9-3-2-4-10-18(13,14)15/h5-8H,2-4,9-10H2,1H3,(H2,13,14,15). The van der Waals surface area contributed by atoms with E-state index in [1.165, 1.54) is 0 Å². The van der Waals surface area contributed by atoms with E-state index >= 15 is 0 Å². The van der Waals surface area contributed by atoms with Crippen molar-refractivity contribution in [2.75, 3.05) is 19.5 Å². The maximum Gasteiger partial charge on any atom is 0.209 e.